The normalized spacial score (nSPS) is 11.6. The molecule has 2 heteroatoms. The van der Waals surface area contributed by atoms with Crippen molar-refractivity contribution >= 4 is 16.6 Å². The fraction of sp³-hybridized carbons (Fsp3) is 1.00. The third-order valence-electron chi connectivity index (χ3n) is 3.30. The van der Waals surface area contributed by atoms with Crippen LogP contribution in [-0.2, 0) is 0 Å². The van der Waals surface area contributed by atoms with Crippen molar-refractivity contribution in [3.63, 3.8) is 0 Å². The van der Waals surface area contributed by atoms with Crippen molar-refractivity contribution in [1.82, 2.24) is 0 Å². The predicted molar refractivity (Wildman–Crippen MR) is 74.7 cm³/mol. The highest BCUT2D eigenvalue weighted by atomic mass is 29.2. The molecule has 0 N–H and O–H groups in total. The van der Waals surface area contributed by atoms with Crippen LogP contribution < -0.4 is 0 Å². The molecule has 0 aromatic heterocycles. The van der Waals surface area contributed by atoms with Crippen LogP contribution in [-0.4, -0.2) is 16.6 Å². The van der Waals surface area contributed by atoms with Gasteiger partial charge < -0.3 is 0 Å². The van der Waals surface area contributed by atoms with Gasteiger partial charge in [-0.2, -0.15) is 0 Å². The lowest BCUT2D eigenvalue weighted by atomic mass is 10.6. The molecule has 0 aliphatic carbocycles. The Labute approximate surface area is 94.5 Å². The number of hydrogen-bond donors (Lipinski definition) is 0. The van der Waals surface area contributed by atoms with Crippen LogP contribution in [0.5, 0.6) is 0 Å². The Morgan fingerprint density at radius 2 is 0.714 bits per heavy atom. The van der Waals surface area contributed by atoms with E-state index in [2.05, 4.69) is 27.7 Å². The molecule has 0 spiro atoms. The largest absolute Gasteiger partial charge is 0.0657 e. The topological polar surface area (TPSA) is 0 Å². The maximum Gasteiger partial charge on any atom is 0.0279 e. The molecular formula is C12H30Si2. The lowest BCUT2D eigenvalue weighted by Gasteiger charge is -2.23. The minimum atomic E-state index is -0.245. The van der Waals surface area contributed by atoms with Gasteiger partial charge >= 0.3 is 0 Å². The van der Waals surface area contributed by atoms with Crippen molar-refractivity contribution < 1.29 is 0 Å². The lowest BCUT2D eigenvalue weighted by Crippen LogP contribution is -2.34. The summed E-state index contributed by atoms with van der Waals surface area (Å²) in [6.07, 6.45) is 5.86. The van der Waals surface area contributed by atoms with Crippen molar-refractivity contribution in [1.29, 1.82) is 0 Å². The molecule has 0 radical (unpaired) electrons. The van der Waals surface area contributed by atoms with Crippen molar-refractivity contribution in [2.45, 2.75) is 77.6 Å². The van der Waals surface area contributed by atoms with E-state index in [1.807, 2.05) is 0 Å². The van der Waals surface area contributed by atoms with Gasteiger partial charge in [0.05, 0.1) is 0 Å². The van der Waals surface area contributed by atoms with Gasteiger partial charge in [0, 0.05) is 16.6 Å². The monoisotopic (exact) mass is 230 g/mol. The average molecular weight is 231 g/mol. The van der Waals surface area contributed by atoms with Gasteiger partial charge in [-0.25, -0.2) is 0 Å². The Balaban J connectivity index is 4.06. The van der Waals surface area contributed by atoms with Crippen LogP contribution in [0.3, 0.4) is 0 Å². The Morgan fingerprint density at radius 1 is 0.500 bits per heavy atom. The molecule has 0 saturated carbocycles. The minimum Gasteiger partial charge on any atom is -0.0657 e. The smallest absolute Gasteiger partial charge is 0.0279 e. The maximum absolute atomic E-state index is 2.39. The first kappa shape index (κ1) is 14.4. The second-order valence-electron chi connectivity index (χ2n) is 4.67. The van der Waals surface area contributed by atoms with Crippen molar-refractivity contribution in [2.75, 3.05) is 0 Å². The average Bonchev–Trinajstić information content (AvgIpc) is 2.17. The molecule has 0 bridgehead atoms. The SMILES string of the molecule is CCC[SiH](CCC)[SiH](CCC)CCC. The molecular weight excluding hydrogens is 200 g/mol. The third-order valence-corrected chi connectivity index (χ3v) is 17.9. The molecule has 0 aliphatic heterocycles. The van der Waals surface area contributed by atoms with Gasteiger partial charge in [0.1, 0.15) is 0 Å². The van der Waals surface area contributed by atoms with Gasteiger partial charge in [0.25, 0.3) is 0 Å². The van der Waals surface area contributed by atoms with Gasteiger partial charge in [-0.3, -0.25) is 0 Å². The molecule has 0 saturated heterocycles. The van der Waals surface area contributed by atoms with Gasteiger partial charge in [0.15, 0.2) is 0 Å². The molecule has 0 rings (SSSR count). The Morgan fingerprint density at radius 3 is 0.857 bits per heavy atom. The van der Waals surface area contributed by atoms with Crippen LogP contribution in [0.1, 0.15) is 53.4 Å². The van der Waals surface area contributed by atoms with Crippen molar-refractivity contribution in [2.24, 2.45) is 0 Å². The van der Waals surface area contributed by atoms with E-state index in [-0.39, 0.29) is 16.6 Å². The number of hydrogen-bond acceptors (Lipinski definition) is 0. The van der Waals surface area contributed by atoms with Crippen LogP contribution in [0.25, 0.3) is 0 Å². The van der Waals surface area contributed by atoms with E-state index >= 15 is 0 Å². The zero-order valence-corrected chi connectivity index (χ0v) is 13.1. The second-order valence-corrected chi connectivity index (χ2v) is 15.7. The van der Waals surface area contributed by atoms with E-state index in [9.17, 15) is 0 Å². The molecule has 86 valence electrons. The second kappa shape index (κ2) is 9.97. The highest BCUT2D eigenvalue weighted by Gasteiger charge is 2.20. The van der Waals surface area contributed by atoms with Crippen molar-refractivity contribution in [3.05, 3.63) is 0 Å². The summed E-state index contributed by atoms with van der Waals surface area (Å²) in [4.78, 5) is 0. The quantitative estimate of drug-likeness (QED) is 0.522. The van der Waals surface area contributed by atoms with Gasteiger partial charge in [-0.1, -0.05) is 77.6 Å². The summed E-state index contributed by atoms with van der Waals surface area (Å²) in [6.45, 7) is 9.55. The summed E-state index contributed by atoms with van der Waals surface area (Å²) >= 11 is 0. The zero-order chi connectivity index (χ0) is 10.8. The fourth-order valence-electron chi connectivity index (χ4n) is 2.71. The van der Waals surface area contributed by atoms with Crippen LogP contribution in [0.4, 0.5) is 0 Å². The zero-order valence-electron chi connectivity index (χ0n) is 10.8. The molecule has 0 amide bonds. The first-order valence-corrected chi connectivity index (χ1v) is 12.7. The molecule has 14 heavy (non-hydrogen) atoms. The molecule has 0 aromatic rings. The summed E-state index contributed by atoms with van der Waals surface area (Å²) in [5, 5.41) is 0. The fourth-order valence-corrected chi connectivity index (χ4v) is 17.8. The third kappa shape index (κ3) is 6.02. The highest BCUT2D eigenvalue weighted by molar-refractivity contribution is 7.22. The van der Waals surface area contributed by atoms with Gasteiger partial charge in [0.2, 0.25) is 0 Å². The van der Waals surface area contributed by atoms with E-state index in [1.54, 1.807) is 24.2 Å². The van der Waals surface area contributed by atoms with E-state index in [1.165, 1.54) is 25.7 Å². The van der Waals surface area contributed by atoms with Gasteiger partial charge in [-0.15, -0.1) is 0 Å². The highest BCUT2D eigenvalue weighted by Crippen LogP contribution is 2.17. The van der Waals surface area contributed by atoms with Crippen molar-refractivity contribution in [3.8, 4) is 0 Å². The summed E-state index contributed by atoms with van der Waals surface area (Å²) in [5.41, 5.74) is 0. The summed E-state index contributed by atoms with van der Waals surface area (Å²) in [5.74, 6) is 0. The van der Waals surface area contributed by atoms with Gasteiger partial charge in [-0.05, 0) is 0 Å². The van der Waals surface area contributed by atoms with E-state index < -0.39 is 0 Å². The molecule has 0 aromatic carbocycles. The first-order valence-electron chi connectivity index (χ1n) is 6.79. The Kier molecular flexibility index (Phi) is 10.3. The molecule has 0 atom stereocenters. The van der Waals surface area contributed by atoms with Crippen LogP contribution in [0.15, 0.2) is 0 Å². The van der Waals surface area contributed by atoms with E-state index in [0.29, 0.717) is 0 Å². The molecule has 0 heterocycles. The van der Waals surface area contributed by atoms with E-state index in [0.717, 1.165) is 0 Å². The summed E-state index contributed by atoms with van der Waals surface area (Å²) < 4.78 is 0. The Hall–Kier alpha value is 0.434. The summed E-state index contributed by atoms with van der Waals surface area (Å²) in [7, 11) is -0.490. The maximum atomic E-state index is 2.39. The minimum absolute atomic E-state index is 0.245. The van der Waals surface area contributed by atoms with Crippen LogP contribution >= 0.6 is 0 Å². The Bertz CT molecular complexity index is 88.9. The molecule has 0 nitrogen and oxygen atoms in total. The lowest BCUT2D eigenvalue weighted by molar-refractivity contribution is 0.990. The van der Waals surface area contributed by atoms with E-state index in [4.69, 9.17) is 0 Å². The molecule has 0 fully saturated rings. The van der Waals surface area contributed by atoms with Crippen LogP contribution in [0, 0.1) is 0 Å². The standard InChI is InChI=1S/C12H30Si2/c1-5-9-13(10-6-2)14(11-7-3)12-8-4/h13-14H,5-12H2,1-4H3. The summed E-state index contributed by atoms with van der Waals surface area (Å²) in [6, 6.07) is 6.63. The first-order chi connectivity index (χ1) is 6.79. The predicted octanol–water partition coefficient (Wildman–Crippen LogP) is 4.16. The number of rotatable bonds is 9. The molecule has 0 unspecified atom stereocenters. The molecule has 0 aliphatic rings. The van der Waals surface area contributed by atoms with Crippen LogP contribution in [0.2, 0.25) is 24.2 Å².